The normalized spacial score (nSPS) is 15.6. The maximum absolute atomic E-state index is 12.9. The Morgan fingerprint density at radius 2 is 1.94 bits per heavy atom. The number of hydrogen-bond acceptors (Lipinski definition) is 9. The third-order valence-electron chi connectivity index (χ3n) is 5.41. The van der Waals surface area contributed by atoms with Gasteiger partial charge in [0.2, 0.25) is 0 Å². The number of thioether (sulfide) groups is 1. The lowest BCUT2D eigenvalue weighted by molar-refractivity contribution is -0.385. The maximum atomic E-state index is 12.9. The van der Waals surface area contributed by atoms with Crippen LogP contribution >= 0.6 is 11.8 Å². The van der Waals surface area contributed by atoms with Crippen molar-refractivity contribution >= 4 is 28.6 Å². The minimum Gasteiger partial charge on any atom is -0.493 e. The molecule has 0 N–H and O–H groups in total. The summed E-state index contributed by atoms with van der Waals surface area (Å²) in [5.41, 5.74) is 1.75. The van der Waals surface area contributed by atoms with Crippen LogP contribution in [0, 0.1) is 10.1 Å². The zero-order valence-electron chi connectivity index (χ0n) is 19.7. The number of hydrogen-bond donors (Lipinski definition) is 0. The Hall–Kier alpha value is -3.53. The number of ether oxygens (including phenoxy) is 3. The molecular weight excluding hydrogens is 458 g/mol. The Balaban J connectivity index is 2.12. The summed E-state index contributed by atoms with van der Waals surface area (Å²) < 4.78 is 16.6. The molecule has 1 atom stereocenters. The van der Waals surface area contributed by atoms with Crippen LogP contribution in [0.1, 0.15) is 31.0 Å². The lowest BCUT2D eigenvalue weighted by Gasteiger charge is -2.31. The number of carbonyl (C=O) groups excluding carboxylic acids is 1. The first kappa shape index (κ1) is 25.1. The number of amidine groups is 1. The zero-order chi connectivity index (χ0) is 24.8. The number of nitro groups is 1. The van der Waals surface area contributed by atoms with E-state index in [1.54, 1.807) is 25.8 Å². The molecule has 1 aliphatic heterocycles. The quantitative estimate of drug-likeness (QED) is 0.300. The minimum absolute atomic E-state index is 0.169. The molecule has 0 aromatic heterocycles. The van der Waals surface area contributed by atoms with Crippen molar-refractivity contribution in [2.24, 2.45) is 4.99 Å². The molecular formula is C24H27N3O6S. The van der Waals surface area contributed by atoms with E-state index in [1.165, 1.54) is 31.0 Å². The molecule has 9 nitrogen and oxygen atoms in total. The second kappa shape index (κ2) is 11.1. The topological polar surface area (TPSA) is 104 Å². The maximum Gasteiger partial charge on any atom is 0.338 e. The van der Waals surface area contributed by atoms with Gasteiger partial charge in [-0.15, -0.1) is 0 Å². The Morgan fingerprint density at radius 1 is 1.24 bits per heavy atom. The van der Waals surface area contributed by atoms with Gasteiger partial charge in [0.25, 0.3) is 5.69 Å². The van der Waals surface area contributed by atoms with Crippen molar-refractivity contribution in [3.63, 3.8) is 0 Å². The number of aliphatic imine (C=N–C) groups is 1. The second-order valence-corrected chi connectivity index (χ2v) is 8.16. The van der Waals surface area contributed by atoms with E-state index in [2.05, 4.69) is 4.99 Å². The molecule has 0 saturated heterocycles. The smallest absolute Gasteiger partial charge is 0.338 e. The van der Waals surface area contributed by atoms with Gasteiger partial charge in [0, 0.05) is 12.7 Å². The number of nitro benzene ring substituents is 1. The summed E-state index contributed by atoms with van der Waals surface area (Å²) in [7, 11) is 3.24. The second-order valence-electron chi connectivity index (χ2n) is 7.39. The number of nitrogens with zero attached hydrogens (tertiary/aromatic N) is 3. The van der Waals surface area contributed by atoms with Crippen LogP contribution < -0.4 is 9.47 Å². The standard InChI is InChI=1S/C24H27N3O6S/c1-6-32-23(28)21-15(2)26(3)24(34-5)25-22(21)17-12-19(31-4)20(13-18(17)27(29)30)33-14-16-10-8-7-9-11-16/h7-13,22H,6,14H2,1-5H3/t22-/m1/s1. The van der Waals surface area contributed by atoms with Gasteiger partial charge in [-0.05, 0) is 31.7 Å². The molecule has 1 aliphatic rings. The summed E-state index contributed by atoms with van der Waals surface area (Å²) in [6, 6.07) is 11.4. The predicted molar refractivity (Wildman–Crippen MR) is 131 cm³/mol. The number of methoxy groups -OCH3 is 1. The molecule has 2 aromatic rings. The third kappa shape index (κ3) is 5.17. The zero-order valence-corrected chi connectivity index (χ0v) is 20.5. The van der Waals surface area contributed by atoms with E-state index >= 15 is 0 Å². The fourth-order valence-electron chi connectivity index (χ4n) is 3.62. The molecule has 10 heteroatoms. The van der Waals surface area contributed by atoms with E-state index in [0.717, 1.165) is 5.56 Å². The first-order chi connectivity index (χ1) is 16.3. The van der Waals surface area contributed by atoms with Crippen molar-refractivity contribution in [3.8, 4) is 11.5 Å². The molecule has 34 heavy (non-hydrogen) atoms. The molecule has 3 rings (SSSR count). The molecule has 0 spiro atoms. The number of carbonyl (C=O) groups is 1. The van der Waals surface area contributed by atoms with Gasteiger partial charge in [-0.25, -0.2) is 9.79 Å². The highest BCUT2D eigenvalue weighted by atomic mass is 32.2. The highest BCUT2D eigenvalue weighted by molar-refractivity contribution is 8.13. The Bertz CT molecular complexity index is 1130. The average Bonchev–Trinajstić information content (AvgIpc) is 2.84. The summed E-state index contributed by atoms with van der Waals surface area (Å²) in [4.78, 5) is 30.9. The van der Waals surface area contributed by atoms with E-state index in [0.29, 0.717) is 16.6 Å². The summed E-state index contributed by atoms with van der Waals surface area (Å²) in [6.45, 7) is 3.85. The number of esters is 1. The highest BCUT2D eigenvalue weighted by Gasteiger charge is 2.37. The highest BCUT2D eigenvalue weighted by Crippen LogP contribution is 2.44. The average molecular weight is 486 g/mol. The molecule has 0 bridgehead atoms. The van der Waals surface area contributed by atoms with Gasteiger partial charge >= 0.3 is 5.97 Å². The minimum atomic E-state index is -0.935. The van der Waals surface area contributed by atoms with Crippen molar-refractivity contribution in [3.05, 3.63) is 75.0 Å². The van der Waals surface area contributed by atoms with Gasteiger partial charge in [-0.3, -0.25) is 10.1 Å². The first-order valence-electron chi connectivity index (χ1n) is 10.6. The van der Waals surface area contributed by atoms with Gasteiger partial charge in [0.1, 0.15) is 12.6 Å². The van der Waals surface area contributed by atoms with E-state index in [-0.39, 0.29) is 35.8 Å². The molecule has 0 amide bonds. The van der Waals surface area contributed by atoms with Crippen molar-refractivity contribution in [2.45, 2.75) is 26.5 Å². The predicted octanol–water partition coefficient (Wildman–Crippen LogP) is 4.73. The summed E-state index contributed by atoms with van der Waals surface area (Å²) in [6.07, 6.45) is 1.85. The van der Waals surface area contributed by atoms with Crippen molar-refractivity contribution in [2.75, 3.05) is 27.0 Å². The lowest BCUT2D eigenvalue weighted by atomic mass is 9.94. The van der Waals surface area contributed by atoms with Crippen LogP contribution in [0.15, 0.2) is 58.7 Å². The fraction of sp³-hybridized carbons (Fsp3) is 0.333. The van der Waals surface area contributed by atoms with Crippen LogP contribution in [0.25, 0.3) is 0 Å². The van der Waals surface area contributed by atoms with E-state index < -0.39 is 16.9 Å². The largest absolute Gasteiger partial charge is 0.493 e. The van der Waals surface area contributed by atoms with Gasteiger partial charge in [-0.1, -0.05) is 42.1 Å². The third-order valence-corrected chi connectivity index (χ3v) is 6.16. The Morgan fingerprint density at radius 3 is 2.53 bits per heavy atom. The molecule has 0 unspecified atom stereocenters. The van der Waals surface area contributed by atoms with Crippen LogP contribution in [0.2, 0.25) is 0 Å². The monoisotopic (exact) mass is 485 g/mol. The van der Waals surface area contributed by atoms with Crippen molar-refractivity contribution < 1.29 is 23.9 Å². The molecule has 180 valence electrons. The van der Waals surface area contributed by atoms with Crippen LogP contribution in [-0.4, -0.2) is 48.0 Å². The van der Waals surface area contributed by atoms with Crippen molar-refractivity contribution in [1.82, 2.24) is 4.90 Å². The Labute approximate surface area is 202 Å². The lowest BCUT2D eigenvalue weighted by Crippen LogP contribution is -2.32. The van der Waals surface area contributed by atoms with Gasteiger partial charge in [0.15, 0.2) is 16.7 Å². The summed E-state index contributed by atoms with van der Waals surface area (Å²) >= 11 is 1.38. The van der Waals surface area contributed by atoms with Crippen molar-refractivity contribution in [1.29, 1.82) is 0 Å². The van der Waals surface area contributed by atoms with Crippen LogP contribution in [-0.2, 0) is 16.1 Å². The molecule has 2 aromatic carbocycles. The molecule has 0 radical (unpaired) electrons. The summed E-state index contributed by atoms with van der Waals surface area (Å²) in [5.74, 6) is -0.0437. The van der Waals surface area contributed by atoms with E-state index in [9.17, 15) is 14.9 Å². The van der Waals surface area contributed by atoms with Gasteiger partial charge in [-0.2, -0.15) is 0 Å². The molecule has 0 saturated carbocycles. The molecule has 1 heterocycles. The SMILES string of the molecule is CCOC(=O)C1=C(C)N(C)C(SC)=N[C@@H]1c1cc(OC)c(OCc2ccccc2)cc1[N+](=O)[O-]. The van der Waals surface area contributed by atoms with E-state index in [4.69, 9.17) is 14.2 Å². The van der Waals surface area contributed by atoms with Crippen LogP contribution in [0.4, 0.5) is 5.69 Å². The first-order valence-corrected chi connectivity index (χ1v) is 11.8. The van der Waals surface area contributed by atoms with E-state index in [1.807, 2.05) is 36.6 Å². The van der Waals surface area contributed by atoms with Crippen LogP contribution in [0.5, 0.6) is 11.5 Å². The molecule has 0 fully saturated rings. The number of benzene rings is 2. The van der Waals surface area contributed by atoms with Gasteiger partial charge < -0.3 is 19.1 Å². The molecule has 0 aliphatic carbocycles. The fourth-order valence-corrected chi connectivity index (χ4v) is 4.24. The Kier molecular flexibility index (Phi) is 8.17. The van der Waals surface area contributed by atoms with Gasteiger partial charge in [0.05, 0.1) is 35.8 Å². The number of rotatable bonds is 8. The number of allylic oxidation sites excluding steroid dienone is 1. The summed E-state index contributed by atoms with van der Waals surface area (Å²) in [5, 5.41) is 12.7. The van der Waals surface area contributed by atoms with Crippen LogP contribution in [0.3, 0.4) is 0 Å².